The van der Waals surface area contributed by atoms with Gasteiger partial charge in [0.05, 0.1) is 22.2 Å². The number of nitrogens with zero attached hydrogens (tertiary/aromatic N) is 3. The summed E-state index contributed by atoms with van der Waals surface area (Å²) >= 11 is 1.77. The highest BCUT2D eigenvalue weighted by molar-refractivity contribution is 8.00. The molecule has 3 amide bonds. The van der Waals surface area contributed by atoms with Crippen molar-refractivity contribution in [3.63, 3.8) is 0 Å². The zero-order chi connectivity index (χ0) is 31.5. The van der Waals surface area contributed by atoms with Crippen LogP contribution < -0.4 is 15.1 Å². The van der Waals surface area contributed by atoms with Gasteiger partial charge in [-0.2, -0.15) is 13.2 Å². The second kappa shape index (κ2) is 11.0. The van der Waals surface area contributed by atoms with E-state index in [1.165, 1.54) is 29.1 Å². The van der Waals surface area contributed by atoms with Gasteiger partial charge < -0.3 is 5.32 Å². The van der Waals surface area contributed by atoms with E-state index >= 15 is 0 Å². The third-order valence-electron chi connectivity index (χ3n) is 7.91. The Bertz CT molecular complexity index is 2060. The van der Waals surface area contributed by atoms with E-state index in [9.17, 15) is 32.3 Å². The number of hydrogen-bond acceptors (Lipinski definition) is 7. The fourth-order valence-electron chi connectivity index (χ4n) is 5.99. The monoisotopic (exact) mass is 646 g/mol. The summed E-state index contributed by atoms with van der Waals surface area (Å²) in [5.41, 5.74) is -0.568. The number of para-hydroxylation sites is 1. The summed E-state index contributed by atoms with van der Waals surface area (Å²) in [4.78, 5) is 59.3. The number of nitrogens with one attached hydrogen (secondary N) is 1. The Labute approximate surface area is 261 Å². The van der Waals surface area contributed by atoms with Gasteiger partial charge in [0.15, 0.2) is 0 Å². The molecule has 4 heterocycles. The minimum atomic E-state index is -4.81. The fraction of sp³-hybridized carbons (Fsp3) is 0.156. The number of thiazole rings is 1. The molecule has 0 aliphatic carbocycles. The van der Waals surface area contributed by atoms with Crippen LogP contribution in [0.2, 0.25) is 0 Å². The number of amides is 3. The number of carbonyl (C=O) groups is 3. The van der Waals surface area contributed by atoms with Crippen LogP contribution in [0.3, 0.4) is 0 Å². The van der Waals surface area contributed by atoms with Gasteiger partial charge in [-0.15, -0.1) is 0 Å². The quantitative estimate of drug-likeness (QED) is 0.238. The zero-order valence-electron chi connectivity index (χ0n) is 23.0. The number of benzene rings is 3. The van der Waals surface area contributed by atoms with Crippen LogP contribution in [0.25, 0.3) is 10.8 Å². The van der Waals surface area contributed by atoms with Crippen LogP contribution in [0.5, 0.6) is 0 Å². The maximum Gasteiger partial charge on any atom is 0.418 e. The number of rotatable bonds is 5. The molecule has 226 valence electrons. The molecule has 3 aromatic carbocycles. The number of anilines is 2. The minimum absolute atomic E-state index is 0.320. The van der Waals surface area contributed by atoms with Crippen molar-refractivity contribution in [3.8, 4) is 0 Å². The van der Waals surface area contributed by atoms with E-state index in [4.69, 9.17) is 0 Å². The van der Waals surface area contributed by atoms with Gasteiger partial charge in [0.1, 0.15) is 11.8 Å². The number of fused-ring (bicyclic) bond motifs is 3. The van der Waals surface area contributed by atoms with Crippen molar-refractivity contribution in [3.05, 3.63) is 117 Å². The molecule has 0 radical (unpaired) electrons. The molecule has 1 fully saturated rings. The third kappa shape index (κ3) is 4.92. The number of alkyl halides is 3. The molecule has 1 N–H and O–H groups in total. The Hall–Kier alpha value is -4.75. The van der Waals surface area contributed by atoms with Crippen LogP contribution in [-0.4, -0.2) is 32.5 Å². The lowest BCUT2D eigenvalue weighted by atomic mass is 9.84. The molecule has 13 heteroatoms. The number of carbonyl (C=O) groups excluding carboxylic acids is 3. The SMILES string of the molecule is O=C(Cn1c2c(sc1=O)C(c1cccnc1)C1C(=O)N(c3ccccc3C(F)(F)F)C(=O)C1S2)Nc1cccc2ccccc12. The highest BCUT2D eigenvalue weighted by Crippen LogP contribution is 2.54. The first kappa shape index (κ1) is 29.0. The topological polar surface area (TPSA) is 101 Å². The van der Waals surface area contributed by atoms with Crippen LogP contribution in [0.4, 0.5) is 24.5 Å². The lowest BCUT2D eigenvalue weighted by Gasteiger charge is -2.30. The van der Waals surface area contributed by atoms with Crippen molar-refractivity contribution >= 4 is 63.0 Å². The van der Waals surface area contributed by atoms with Crippen LogP contribution in [0.1, 0.15) is 21.9 Å². The summed E-state index contributed by atoms with van der Waals surface area (Å²) in [5.74, 6) is -4.05. The van der Waals surface area contributed by atoms with Crippen LogP contribution in [0, 0.1) is 5.92 Å². The molecule has 7 rings (SSSR count). The maximum absolute atomic E-state index is 14.0. The van der Waals surface area contributed by atoms with E-state index in [-0.39, 0.29) is 6.54 Å². The van der Waals surface area contributed by atoms with Crippen LogP contribution >= 0.6 is 23.1 Å². The second-order valence-corrected chi connectivity index (χ2v) is 12.7. The molecule has 0 saturated carbocycles. The van der Waals surface area contributed by atoms with Gasteiger partial charge in [-0.25, -0.2) is 4.90 Å². The van der Waals surface area contributed by atoms with Gasteiger partial charge in [-0.3, -0.25) is 28.7 Å². The van der Waals surface area contributed by atoms with Gasteiger partial charge in [-0.05, 0) is 35.2 Å². The molecule has 2 aliphatic heterocycles. The molecule has 0 spiro atoms. The Balaban J connectivity index is 1.28. The Kier molecular flexibility index (Phi) is 7.09. The van der Waals surface area contributed by atoms with Crippen LogP contribution in [0.15, 0.2) is 101 Å². The molecule has 8 nitrogen and oxygen atoms in total. The number of imide groups is 1. The summed E-state index contributed by atoms with van der Waals surface area (Å²) in [7, 11) is 0. The summed E-state index contributed by atoms with van der Waals surface area (Å²) in [5, 5.41) is 3.78. The molecule has 5 aromatic rings. The van der Waals surface area contributed by atoms with Gasteiger partial charge in [0.2, 0.25) is 17.7 Å². The zero-order valence-corrected chi connectivity index (χ0v) is 24.7. The number of pyridine rings is 1. The van der Waals surface area contributed by atoms with Gasteiger partial charge >= 0.3 is 11.0 Å². The molecule has 0 bridgehead atoms. The van der Waals surface area contributed by atoms with Gasteiger partial charge in [-0.1, -0.05) is 77.7 Å². The van der Waals surface area contributed by atoms with Crippen molar-refractivity contribution in [2.75, 3.05) is 10.2 Å². The highest BCUT2D eigenvalue weighted by atomic mass is 32.2. The van der Waals surface area contributed by atoms with E-state index in [1.54, 1.807) is 24.3 Å². The molecule has 2 aromatic heterocycles. The van der Waals surface area contributed by atoms with Crippen molar-refractivity contribution < 1.29 is 27.6 Å². The molecular weight excluding hydrogens is 626 g/mol. The molecule has 1 saturated heterocycles. The lowest BCUT2D eigenvalue weighted by Crippen LogP contribution is -2.33. The first-order valence-corrected chi connectivity index (χ1v) is 15.4. The average Bonchev–Trinajstić information content (AvgIpc) is 3.47. The summed E-state index contributed by atoms with van der Waals surface area (Å²) in [6, 6.07) is 20.8. The molecule has 3 unspecified atom stereocenters. The normalized spacial score (nSPS) is 19.4. The van der Waals surface area contributed by atoms with E-state index in [0.29, 0.717) is 26.1 Å². The van der Waals surface area contributed by atoms with Crippen molar-refractivity contribution in [1.82, 2.24) is 9.55 Å². The second-order valence-electron chi connectivity index (χ2n) is 10.6. The van der Waals surface area contributed by atoms with Gasteiger partial charge in [0, 0.05) is 34.3 Å². The highest BCUT2D eigenvalue weighted by Gasteiger charge is 2.57. The maximum atomic E-state index is 14.0. The standard InChI is InChI=1S/C32H21F3N4O4S2/c33-32(34,35)20-11-3-4-13-22(20)39-28(41)25-24(18-9-6-14-36-15-18)27-30(44-26(25)29(39)42)38(31(43)45-27)16-23(40)37-21-12-5-8-17-7-1-2-10-19(17)21/h1-15,24-26H,16H2,(H,37,40). The first-order valence-electron chi connectivity index (χ1n) is 13.7. The number of thioether (sulfide) groups is 1. The average molecular weight is 647 g/mol. The third-order valence-corrected chi connectivity index (χ3v) is 10.5. The fourth-order valence-corrected chi connectivity index (χ4v) is 8.76. The van der Waals surface area contributed by atoms with E-state index in [0.717, 1.165) is 46.0 Å². The van der Waals surface area contributed by atoms with Gasteiger partial charge in [0.25, 0.3) is 0 Å². The Morgan fingerprint density at radius 3 is 2.44 bits per heavy atom. The molecule has 2 aliphatic rings. The largest absolute Gasteiger partial charge is 0.418 e. The molecule has 3 atom stereocenters. The lowest BCUT2D eigenvalue weighted by molar-refractivity contribution is -0.137. The van der Waals surface area contributed by atoms with E-state index in [2.05, 4.69) is 10.3 Å². The smallest absolute Gasteiger partial charge is 0.324 e. The molecule has 45 heavy (non-hydrogen) atoms. The van der Waals surface area contributed by atoms with Crippen LogP contribution in [-0.2, 0) is 27.1 Å². The minimum Gasteiger partial charge on any atom is -0.324 e. The van der Waals surface area contributed by atoms with E-state index < -0.39 is 57.1 Å². The Morgan fingerprint density at radius 1 is 0.911 bits per heavy atom. The number of aromatic nitrogens is 2. The number of halogens is 3. The van der Waals surface area contributed by atoms with Crippen molar-refractivity contribution in [2.45, 2.75) is 28.9 Å². The molecular formula is C32H21F3N4O4S2. The first-order chi connectivity index (χ1) is 21.6. The Morgan fingerprint density at radius 2 is 1.67 bits per heavy atom. The summed E-state index contributed by atoms with van der Waals surface area (Å²) in [6.07, 6.45) is -1.77. The van der Waals surface area contributed by atoms with Crippen molar-refractivity contribution in [1.29, 1.82) is 0 Å². The predicted molar refractivity (Wildman–Crippen MR) is 164 cm³/mol. The van der Waals surface area contributed by atoms with E-state index in [1.807, 2.05) is 30.3 Å². The summed E-state index contributed by atoms with van der Waals surface area (Å²) in [6.45, 7) is -0.374. The summed E-state index contributed by atoms with van der Waals surface area (Å²) < 4.78 is 43.1. The predicted octanol–water partition coefficient (Wildman–Crippen LogP) is 5.91. The van der Waals surface area contributed by atoms with Crippen molar-refractivity contribution in [2.24, 2.45) is 5.92 Å². The number of hydrogen-bond donors (Lipinski definition) is 1.